The summed E-state index contributed by atoms with van der Waals surface area (Å²) in [5.74, 6) is 1.75. The molecule has 1 aromatic carbocycles. The predicted octanol–water partition coefficient (Wildman–Crippen LogP) is 2.71. The molecule has 0 atom stereocenters. The number of hydrogen-bond acceptors (Lipinski definition) is 2. The van der Waals surface area contributed by atoms with Gasteiger partial charge in [-0.15, -0.1) is 0 Å². The van der Waals surface area contributed by atoms with Crippen molar-refractivity contribution in [3.8, 4) is 5.75 Å². The maximum absolute atomic E-state index is 5.75. The number of nitrogens with two attached hydrogens (primary N) is 1. The summed E-state index contributed by atoms with van der Waals surface area (Å²) in [4.78, 5) is 0. The van der Waals surface area contributed by atoms with Gasteiger partial charge < -0.3 is 10.5 Å². The Morgan fingerprint density at radius 2 is 1.80 bits per heavy atom. The first-order valence-electron chi connectivity index (χ1n) is 5.80. The number of hydrogen-bond donors (Lipinski definition) is 1. The van der Waals surface area contributed by atoms with Crippen molar-refractivity contribution in [3.05, 3.63) is 29.8 Å². The molecule has 1 saturated carbocycles. The van der Waals surface area contributed by atoms with Crippen molar-refractivity contribution in [1.29, 1.82) is 0 Å². The molecule has 2 rings (SSSR count). The Hall–Kier alpha value is -1.02. The smallest absolute Gasteiger partial charge is 0.119 e. The Morgan fingerprint density at radius 3 is 2.40 bits per heavy atom. The average molecular weight is 205 g/mol. The van der Waals surface area contributed by atoms with Gasteiger partial charge >= 0.3 is 0 Å². The van der Waals surface area contributed by atoms with E-state index in [0.717, 1.165) is 23.8 Å². The Balaban J connectivity index is 1.82. The first kappa shape index (κ1) is 10.5. The summed E-state index contributed by atoms with van der Waals surface area (Å²) in [5, 5.41) is 0. The number of ether oxygens (including phenoxy) is 1. The lowest BCUT2D eigenvalue weighted by atomic mass is 10.1. The van der Waals surface area contributed by atoms with E-state index < -0.39 is 0 Å². The van der Waals surface area contributed by atoms with Crippen LogP contribution in [0.25, 0.3) is 0 Å². The highest BCUT2D eigenvalue weighted by molar-refractivity contribution is 5.27. The van der Waals surface area contributed by atoms with Gasteiger partial charge in [0, 0.05) is 6.54 Å². The molecule has 1 fully saturated rings. The van der Waals surface area contributed by atoms with Crippen LogP contribution >= 0.6 is 0 Å². The first-order valence-corrected chi connectivity index (χ1v) is 5.80. The molecule has 1 aromatic rings. The molecule has 0 bridgehead atoms. The van der Waals surface area contributed by atoms with Gasteiger partial charge in [0.1, 0.15) is 5.75 Å². The maximum Gasteiger partial charge on any atom is 0.119 e. The third-order valence-electron chi connectivity index (χ3n) is 3.12. The topological polar surface area (TPSA) is 35.2 Å². The molecule has 0 radical (unpaired) electrons. The Morgan fingerprint density at radius 1 is 1.13 bits per heavy atom. The molecule has 2 heteroatoms. The van der Waals surface area contributed by atoms with Crippen molar-refractivity contribution in [3.63, 3.8) is 0 Å². The van der Waals surface area contributed by atoms with E-state index in [1.165, 1.54) is 25.7 Å². The van der Waals surface area contributed by atoms with Crippen LogP contribution in [-0.2, 0) is 6.54 Å². The molecule has 82 valence electrons. The number of rotatable bonds is 4. The molecule has 0 saturated heterocycles. The fraction of sp³-hybridized carbons (Fsp3) is 0.538. The molecule has 0 aromatic heterocycles. The van der Waals surface area contributed by atoms with E-state index in [9.17, 15) is 0 Å². The normalized spacial score (nSPS) is 16.9. The third kappa shape index (κ3) is 2.96. The van der Waals surface area contributed by atoms with Crippen LogP contribution in [0.2, 0.25) is 0 Å². The summed E-state index contributed by atoms with van der Waals surface area (Å²) in [6.07, 6.45) is 5.42. The molecular formula is C13H19NO. The van der Waals surface area contributed by atoms with E-state index >= 15 is 0 Å². The van der Waals surface area contributed by atoms with E-state index in [0.29, 0.717) is 6.54 Å². The number of benzene rings is 1. The van der Waals surface area contributed by atoms with Gasteiger partial charge in [0.25, 0.3) is 0 Å². The lowest BCUT2D eigenvalue weighted by molar-refractivity contribution is 0.252. The lowest BCUT2D eigenvalue weighted by Gasteiger charge is -2.11. The molecule has 0 unspecified atom stereocenters. The second-order valence-electron chi connectivity index (χ2n) is 4.31. The molecule has 15 heavy (non-hydrogen) atoms. The summed E-state index contributed by atoms with van der Waals surface area (Å²) < 4.78 is 5.75. The Labute approximate surface area is 91.4 Å². The minimum atomic E-state index is 0.600. The maximum atomic E-state index is 5.75. The highest BCUT2D eigenvalue weighted by Crippen LogP contribution is 2.25. The fourth-order valence-corrected chi connectivity index (χ4v) is 2.11. The fourth-order valence-electron chi connectivity index (χ4n) is 2.11. The van der Waals surface area contributed by atoms with Crippen molar-refractivity contribution in [2.75, 3.05) is 6.61 Å². The van der Waals surface area contributed by atoms with Gasteiger partial charge in [-0.2, -0.15) is 0 Å². The standard InChI is InChI=1S/C13H19NO/c14-9-11-5-7-13(8-6-11)15-10-12-3-1-2-4-12/h5-8,12H,1-4,9-10,14H2. The van der Waals surface area contributed by atoms with E-state index in [2.05, 4.69) is 0 Å². The third-order valence-corrected chi connectivity index (χ3v) is 3.12. The Kier molecular flexibility index (Phi) is 3.62. The SMILES string of the molecule is NCc1ccc(OCC2CCCC2)cc1. The van der Waals surface area contributed by atoms with Crippen molar-refractivity contribution in [2.24, 2.45) is 11.7 Å². The van der Waals surface area contributed by atoms with Crippen LogP contribution < -0.4 is 10.5 Å². The largest absolute Gasteiger partial charge is 0.493 e. The summed E-state index contributed by atoms with van der Waals surface area (Å²) in [6, 6.07) is 8.09. The zero-order valence-electron chi connectivity index (χ0n) is 9.11. The van der Waals surface area contributed by atoms with E-state index in [-0.39, 0.29) is 0 Å². The molecule has 0 amide bonds. The zero-order valence-corrected chi connectivity index (χ0v) is 9.11. The molecule has 2 N–H and O–H groups in total. The summed E-state index contributed by atoms with van der Waals surface area (Å²) in [7, 11) is 0. The molecule has 1 aliphatic rings. The van der Waals surface area contributed by atoms with Gasteiger partial charge in [0.15, 0.2) is 0 Å². The van der Waals surface area contributed by atoms with Gasteiger partial charge in [-0.05, 0) is 36.5 Å². The summed E-state index contributed by atoms with van der Waals surface area (Å²) >= 11 is 0. The van der Waals surface area contributed by atoms with Crippen LogP contribution in [0.3, 0.4) is 0 Å². The van der Waals surface area contributed by atoms with Crippen LogP contribution in [0.4, 0.5) is 0 Å². The molecule has 0 aliphatic heterocycles. The van der Waals surface area contributed by atoms with Crippen molar-refractivity contribution in [2.45, 2.75) is 32.2 Å². The molecule has 0 spiro atoms. The summed E-state index contributed by atoms with van der Waals surface area (Å²) in [6.45, 7) is 1.48. The lowest BCUT2D eigenvalue weighted by Crippen LogP contribution is -2.08. The van der Waals surface area contributed by atoms with Gasteiger partial charge in [0.05, 0.1) is 6.61 Å². The van der Waals surface area contributed by atoms with Crippen LogP contribution in [0.1, 0.15) is 31.2 Å². The average Bonchev–Trinajstić information content (AvgIpc) is 2.80. The van der Waals surface area contributed by atoms with Crippen molar-refractivity contribution >= 4 is 0 Å². The van der Waals surface area contributed by atoms with Gasteiger partial charge in [-0.25, -0.2) is 0 Å². The second kappa shape index (κ2) is 5.17. The molecule has 0 heterocycles. The van der Waals surface area contributed by atoms with Crippen molar-refractivity contribution in [1.82, 2.24) is 0 Å². The Bertz CT molecular complexity index is 288. The highest BCUT2D eigenvalue weighted by Gasteiger charge is 2.15. The van der Waals surface area contributed by atoms with Crippen LogP contribution in [0, 0.1) is 5.92 Å². The minimum absolute atomic E-state index is 0.600. The summed E-state index contributed by atoms with van der Waals surface area (Å²) in [5.41, 5.74) is 6.69. The van der Waals surface area contributed by atoms with E-state index in [1.807, 2.05) is 24.3 Å². The monoisotopic (exact) mass is 205 g/mol. The van der Waals surface area contributed by atoms with Crippen LogP contribution in [0.5, 0.6) is 5.75 Å². The van der Waals surface area contributed by atoms with E-state index in [4.69, 9.17) is 10.5 Å². The second-order valence-corrected chi connectivity index (χ2v) is 4.31. The molecule has 2 nitrogen and oxygen atoms in total. The molecule has 1 aliphatic carbocycles. The minimum Gasteiger partial charge on any atom is -0.493 e. The zero-order chi connectivity index (χ0) is 10.5. The van der Waals surface area contributed by atoms with Gasteiger partial charge in [0.2, 0.25) is 0 Å². The highest BCUT2D eigenvalue weighted by atomic mass is 16.5. The van der Waals surface area contributed by atoms with Gasteiger partial charge in [-0.3, -0.25) is 0 Å². The predicted molar refractivity (Wildman–Crippen MR) is 61.8 cm³/mol. The van der Waals surface area contributed by atoms with E-state index in [1.54, 1.807) is 0 Å². The van der Waals surface area contributed by atoms with Crippen LogP contribution in [-0.4, -0.2) is 6.61 Å². The first-order chi connectivity index (χ1) is 7.38. The quantitative estimate of drug-likeness (QED) is 0.820. The van der Waals surface area contributed by atoms with Crippen LogP contribution in [0.15, 0.2) is 24.3 Å². The van der Waals surface area contributed by atoms with Crippen molar-refractivity contribution < 1.29 is 4.74 Å². The molecular weight excluding hydrogens is 186 g/mol. The van der Waals surface area contributed by atoms with Gasteiger partial charge in [-0.1, -0.05) is 25.0 Å².